The van der Waals surface area contributed by atoms with Crippen LogP contribution < -0.4 is 10.2 Å². The number of amides is 1. The standard InChI is InChI=1S/C23H27N3O6S2/c1-4-13-33(28,29)21-19-11-6-7-12-26(19)20(22(21)34(30,31)14-5-2)23(27)25-24-16-17-9-8-10-18(15-17)32-3/h6-12,15-16H,4-5,13-14H2,1-3H3,(H,25,27)/b24-16-. The molecule has 2 aromatic heterocycles. The molecule has 0 aliphatic rings. The fraction of sp³-hybridized carbons (Fsp3) is 0.304. The molecule has 3 rings (SSSR count). The first kappa shape index (κ1) is 25.4. The van der Waals surface area contributed by atoms with Crippen LogP contribution in [0.25, 0.3) is 5.52 Å². The van der Waals surface area contributed by atoms with E-state index in [4.69, 9.17) is 4.74 Å². The number of aromatic nitrogens is 1. The molecular weight excluding hydrogens is 478 g/mol. The molecule has 11 heteroatoms. The van der Waals surface area contributed by atoms with Gasteiger partial charge in [-0.1, -0.05) is 32.0 Å². The van der Waals surface area contributed by atoms with Gasteiger partial charge in [-0.25, -0.2) is 22.3 Å². The highest BCUT2D eigenvalue weighted by Crippen LogP contribution is 2.34. The Morgan fingerprint density at radius 1 is 1.00 bits per heavy atom. The van der Waals surface area contributed by atoms with E-state index in [9.17, 15) is 21.6 Å². The summed E-state index contributed by atoms with van der Waals surface area (Å²) in [6.45, 7) is 3.36. The van der Waals surface area contributed by atoms with Crippen molar-refractivity contribution < 1.29 is 26.4 Å². The molecule has 3 aromatic rings. The van der Waals surface area contributed by atoms with E-state index in [0.29, 0.717) is 17.7 Å². The predicted molar refractivity (Wildman–Crippen MR) is 130 cm³/mol. The topological polar surface area (TPSA) is 123 Å². The first-order valence-electron chi connectivity index (χ1n) is 10.7. The highest BCUT2D eigenvalue weighted by atomic mass is 32.2. The van der Waals surface area contributed by atoms with E-state index in [0.717, 1.165) is 0 Å². The number of hydrazone groups is 1. The van der Waals surface area contributed by atoms with Crippen molar-refractivity contribution in [1.29, 1.82) is 0 Å². The molecule has 0 aliphatic carbocycles. The summed E-state index contributed by atoms with van der Waals surface area (Å²) in [6.07, 6.45) is 3.40. The lowest BCUT2D eigenvalue weighted by Gasteiger charge is -2.08. The van der Waals surface area contributed by atoms with Crippen LogP contribution in [0.2, 0.25) is 0 Å². The van der Waals surface area contributed by atoms with Crippen LogP contribution in [0, 0.1) is 0 Å². The number of fused-ring (bicyclic) bond motifs is 1. The van der Waals surface area contributed by atoms with Crippen molar-refractivity contribution >= 4 is 37.3 Å². The van der Waals surface area contributed by atoms with Crippen molar-refractivity contribution in [2.75, 3.05) is 18.6 Å². The Morgan fingerprint density at radius 3 is 2.32 bits per heavy atom. The molecule has 2 heterocycles. The largest absolute Gasteiger partial charge is 0.497 e. The van der Waals surface area contributed by atoms with Crippen molar-refractivity contribution in [3.05, 3.63) is 59.9 Å². The summed E-state index contributed by atoms with van der Waals surface area (Å²) >= 11 is 0. The molecule has 1 aromatic carbocycles. The number of sulfone groups is 2. The second kappa shape index (κ2) is 10.4. The van der Waals surface area contributed by atoms with Gasteiger partial charge in [0.05, 0.1) is 30.3 Å². The van der Waals surface area contributed by atoms with E-state index >= 15 is 0 Å². The van der Waals surface area contributed by atoms with E-state index in [1.807, 2.05) is 0 Å². The molecule has 9 nitrogen and oxygen atoms in total. The Hall–Kier alpha value is -3.18. The van der Waals surface area contributed by atoms with Crippen LogP contribution in [0.3, 0.4) is 0 Å². The van der Waals surface area contributed by atoms with Gasteiger partial charge in [-0.05, 0) is 42.7 Å². The fourth-order valence-corrected chi connectivity index (χ4v) is 7.62. The third-order valence-corrected chi connectivity index (χ3v) is 9.09. The van der Waals surface area contributed by atoms with E-state index in [1.165, 1.54) is 30.0 Å². The van der Waals surface area contributed by atoms with Crippen LogP contribution >= 0.6 is 0 Å². The van der Waals surface area contributed by atoms with Gasteiger partial charge in [-0.15, -0.1) is 0 Å². The van der Waals surface area contributed by atoms with Crippen LogP contribution in [-0.4, -0.2) is 52.0 Å². The van der Waals surface area contributed by atoms with Gasteiger partial charge in [0.15, 0.2) is 19.7 Å². The Balaban J connectivity index is 2.18. The van der Waals surface area contributed by atoms with E-state index in [-0.39, 0.29) is 34.0 Å². The van der Waals surface area contributed by atoms with Gasteiger partial charge >= 0.3 is 0 Å². The lowest BCUT2D eigenvalue weighted by atomic mass is 10.2. The summed E-state index contributed by atoms with van der Waals surface area (Å²) < 4.78 is 59.3. The molecule has 1 amide bonds. The highest BCUT2D eigenvalue weighted by Gasteiger charge is 2.36. The zero-order valence-corrected chi connectivity index (χ0v) is 20.8. The van der Waals surface area contributed by atoms with Crippen LogP contribution in [0.4, 0.5) is 0 Å². The summed E-state index contributed by atoms with van der Waals surface area (Å²) in [5.41, 5.74) is 2.82. The molecule has 0 spiro atoms. The number of nitrogens with one attached hydrogen (secondary N) is 1. The highest BCUT2D eigenvalue weighted by molar-refractivity contribution is 7.94. The Bertz CT molecular complexity index is 1440. The number of rotatable bonds is 10. The molecule has 0 bridgehead atoms. The van der Waals surface area contributed by atoms with Gasteiger partial charge in [0.2, 0.25) is 0 Å². The number of methoxy groups -OCH3 is 1. The molecule has 0 unspecified atom stereocenters. The zero-order chi connectivity index (χ0) is 24.9. The third kappa shape index (κ3) is 5.15. The van der Waals surface area contributed by atoms with Crippen molar-refractivity contribution in [3.8, 4) is 5.75 Å². The Kier molecular flexibility index (Phi) is 7.78. The van der Waals surface area contributed by atoms with Gasteiger partial charge < -0.3 is 9.14 Å². The van der Waals surface area contributed by atoms with Crippen molar-refractivity contribution in [3.63, 3.8) is 0 Å². The maximum absolute atomic E-state index is 13.3. The number of pyridine rings is 1. The number of carbonyl (C=O) groups excluding carboxylic acids is 1. The van der Waals surface area contributed by atoms with E-state index in [1.54, 1.807) is 50.2 Å². The molecule has 0 aliphatic heterocycles. The average molecular weight is 506 g/mol. The first-order chi connectivity index (χ1) is 16.2. The molecule has 1 N–H and O–H groups in total. The smallest absolute Gasteiger partial charge is 0.289 e. The third-order valence-electron chi connectivity index (χ3n) is 5.01. The second-order valence-corrected chi connectivity index (χ2v) is 11.7. The maximum atomic E-state index is 13.3. The zero-order valence-electron chi connectivity index (χ0n) is 19.2. The van der Waals surface area contributed by atoms with Crippen LogP contribution in [0.1, 0.15) is 42.7 Å². The van der Waals surface area contributed by atoms with Gasteiger partial charge in [-0.3, -0.25) is 4.79 Å². The van der Waals surface area contributed by atoms with Gasteiger partial charge in [0, 0.05) is 6.20 Å². The predicted octanol–water partition coefficient (Wildman–Crippen LogP) is 3.08. The fourth-order valence-electron chi connectivity index (χ4n) is 3.64. The monoisotopic (exact) mass is 505 g/mol. The summed E-state index contributed by atoms with van der Waals surface area (Å²) in [4.78, 5) is 12.4. The number of ether oxygens (including phenoxy) is 1. The quantitative estimate of drug-likeness (QED) is 0.334. The van der Waals surface area contributed by atoms with Crippen LogP contribution in [0.5, 0.6) is 5.75 Å². The maximum Gasteiger partial charge on any atom is 0.289 e. The van der Waals surface area contributed by atoms with Gasteiger partial charge in [-0.2, -0.15) is 5.10 Å². The van der Waals surface area contributed by atoms with Crippen LogP contribution in [0.15, 0.2) is 63.6 Å². The molecule has 182 valence electrons. The van der Waals surface area contributed by atoms with Gasteiger partial charge in [0.1, 0.15) is 21.2 Å². The summed E-state index contributed by atoms with van der Waals surface area (Å²) in [6, 6.07) is 11.6. The summed E-state index contributed by atoms with van der Waals surface area (Å²) in [5, 5.41) is 3.94. The number of benzene rings is 1. The molecule has 0 atom stereocenters. The minimum absolute atomic E-state index is 0.132. The van der Waals surface area contributed by atoms with E-state index in [2.05, 4.69) is 10.5 Å². The minimum Gasteiger partial charge on any atom is -0.497 e. The molecule has 0 fully saturated rings. The molecule has 0 saturated heterocycles. The normalized spacial score (nSPS) is 12.3. The van der Waals surface area contributed by atoms with Crippen LogP contribution in [-0.2, 0) is 19.7 Å². The number of hydrogen-bond acceptors (Lipinski definition) is 7. The Morgan fingerprint density at radius 2 is 1.68 bits per heavy atom. The van der Waals surface area contributed by atoms with Crippen molar-refractivity contribution in [2.24, 2.45) is 5.10 Å². The molecule has 34 heavy (non-hydrogen) atoms. The first-order valence-corrected chi connectivity index (χ1v) is 14.0. The Labute approximate surface area is 199 Å². The molecule has 0 saturated carbocycles. The number of hydrogen-bond donors (Lipinski definition) is 1. The lowest BCUT2D eigenvalue weighted by Crippen LogP contribution is -2.23. The number of nitrogens with zero attached hydrogens (tertiary/aromatic N) is 2. The second-order valence-electron chi connectivity index (χ2n) is 7.58. The molecular formula is C23H27N3O6S2. The summed E-state index contributed by atoms with van der Waals surface area (Å²) in [5.74, 6) is -0.781. The average Bonchev–Trinajstić information content (AvgIpc) is 3.16. The minimum atomic E-state index is -4.10. The SMILES string of the molecule is CCCS(=O)(=O)c1c(S(=O)(=O)CCC)c2ccccn2c1C(=O)N/N=C\c1cccc(OC)c1. The molecule has 0 radical (unpaired) electrons. The van der Waals surface area contributed by atoms with E-state index < -0.39 is 30.5 Å². The summed E-state index contributed by atoms with van der Waals surface area (Å²) in [7, 11) is -6.55. The number of carbonyl (C=O) groups is 1. The van der Waals surface area contributed by atoms with Gasteiger partial charge in [0.25, 0.3) is 5.91 Å². The van der Waals surface area contributed by atoms with Crippen molar-refractivity contribution in [2.45, 2.75) is 36.5 Å². The lowest BCUT2D eigenvalue weighted by molar-refractivity contribution is 0.0945. The van der Waals surface area contributed by atoms with Crippen molar-refractivity contribution in [1.82, 2.24) is 9.83 Å².